The topological polar surface area (TPSA) is 106 Å². The number of hydrogen-bond acceptors (Lipinski definition) is 8. The highest BCUT2D eigenvalue weighted by atomic mass is 35.5. The number of nitrogens with one attached hydrogen (secondary N) is 1. The van der Waals surface area contributed by atoms with Crippen molar-refractivity contribution in [1.82, 2.24) is 15.3 Å². The van der Waals surface area contributed by atoms with Crippen molar-refractivity contribution in [2.45, 2.75) is 44.8 Å². The maximum atomic E-state index is 12.4. The summed E-state index contributed by atoms with van der Waals surface area (Å²) in [5.41, 5.74) is -0.0528. The molecule has 2 aromatic rings. The molecule has 2 aliphatic heterocycles. The van der Waals surface area contributed by atoms with Crippen molar-refractivity contribution in [1.29, 1.82) is 0 Å². The zero-order chi connectivity index (χ0) is 25.0. The molecule has 2 unspecified atom stereocenters. The lowest BCUT2D eigenvalue weighted by Crippen LogP contribution is -2.40. The number of carbonyl (C=O) groups excluding carboxylic acids is 1. The number of aliphatic hydroxyl groups is 1. The van der Waals surface area contributed by atoms with Gasteiger partial charge in [0.05, 0.1) is 31.3 Å². The van der Waals surface area contributed by atoms with Gasteiger partial charge in [-0.15, -0.1) is 0 Å². The van der Waals surface area contributed by atoms with Gasteiger partial charge in [-0.05, 0) is 38.5 Å². The van der Waals surface area contributed by atoms with Crippen molar-refractivity contribution in [2.75, 3.05) is 44.4 Å². The van der Waals surface area contributed by atoms with Crippen molar-refractivity contribution in [3.63, 3.8) is 0 Å². The lowest BCUT2D eigenvalue weighted by Gasteiger charge is -2.26. The number of rotatable bonds is 10. The number of anilines is 1. The van der Waals surface area contributed by atoms with Crippen molar-refractivity contribution < 1.29 is 24.1 Å². The first-order chi connectivity index (χ1) is 16.7. The standard InChI is InChI=1S/C25H33ClN4O5/c1-16(23(31)27-10-17-12-33-13-17)18-4-6-19(7-5-18)35-20-8-9-30(11-20)22-21(26)24(29-15-28-22)34-14-25(2,3)32/h4-7,15-17,20,32H,8-14H2,1-3H3,(H,27,31). The highest BCUT2D eigenvalue weighted by molar-refractivity contribution is 6.34. The molecule has 9 nitrogen and oxygen atoms in total. The first kappa shape index (κ1) is 25.5. The molecule has 2 atom stereocenters. The Morgan fingerprint density at radius 3 is 2.71 bits per heavy atom. The number of benzene rings is 1. The van der Waals surface area contributed by atoms with E-state index in [0.29, 0.717) is 29.8 Å². The summed E-state index contributed by atoms with van der Waals surface area (Å²) < 4.78 is 16.9. The van der Waals surface area contributed by atoms with Gasteiger partial charge < -0.3 is 29.5 Å². The minimum absolute atomic E-state index is 0.0182. The van der Waals surface area contributed by atoms with Gasteiger partial charge in [0.25, 0.3) is 0 Å². The largest absolute Gasteiger partial charge is 0.489 e. The van der Waals surface area contributed by atoms with Crippen molar-refractivity contribution in [3.8, 4) is 11.6 Å². The first-order valence-electron chi connectivity index (χ1n) is 11.9. The maximum absolute atomic E-state index is 12.4. The van der Waals surface area contributed by atoms with E-state index in [0.717, 1.165) is 37.5 Å². The summed E-state index contributed by atoms with van der Waals surface area (Å²) in [6.45, 7) is 8.73. The van der Waals surface area contributed by atoms with Gasteiger partial charge in [0, 0.05) is 25.4 Å². The van der Waals surface area contributed by atoms with Crippen LogP contribution in [0.25, 0.3) is 0 Å². The van der Waals surface area contributed by atoms with Gasteiger partial charge >= 0.3 is 0 Å². The molecule has 0 bridgehead atoms. The molecule has 0 saturated carbocycles. The van der Waals surface area contributed by atoms with E-state index in [2.05, 4.69) is 15.3 Å². The predicted molar refractivity (Wildman–Crippen MR) is 132 cm³/mol. The molecule has 2 aliphatic rings. The van der Waals surface area contributed by atoms with Crippen LogP contribution in [-0.2, 0) is 9.53 Å². The fourth-order valence-corrected chi connectivity index (χ4v) is 4.18. The van der Waals surface area contributed by atoms with Gasteiger partial charge in [0.15, 0.2) is 5.82 Å². The van der Waals surface area contributed by atoms with E-state index in [1.807, 2.05) is 36.1 Å². The molecule has 0 spiro atoms. The Morgan fingerprint density at radius 1 is 1.31 bits per heavy atom. The average Bonchev–Trinajstić information content (AvgIpc) is 3.25. The quantitative estimate of drug-likeness (QED) is 0.509. The Morgan fingerprint density at radius 2 is 2.06 bits per heavy atom. The zero-order valence-electron chi connectivity index (χ0n) is 20.4. The molecule has 0 aliphatic carbocycles. The normalized spacial score (nSPS) is 19.2. The van der Waals surface area contributed by atoms with Gasteiger partial charge in [-0.1, -0.05) is 23.7 Å². The van der Waals surface area contributed by atoms with E-state index < -0.39 is 5.60 Å². The van der Waals surface area contributed by atoms with Crippen LogP contribution in [0.2, 0.25) is 5.02 Å². The smallest absolute Gasteiger partial charge is 0.238 e. The molecule has 4 rings (SSSR count). The molecule has 1 amide bonds. The van der Waals surface area contributed by atoms with Crippen LogP contribution in [0, 0.1) is 5.92 Å². The summed E-state index contributed by atoms with van der Waals surface area (Å²) in [6, 6.07) is 7.68. The summed E-state index contributed by atoms with van der Waals surface area (Å²) in [5, 5.41) is 13.2. The minimum atomic E-state index is -0.996. The molecule has 10 heteroatoms. The molecule has 2 fully saturated rings. The zero-order valence-corrected chi connectivity index (χ0v) is 21.1. The number of amides is 1. The second-order valence-corrected chi connectivity index (χ2v) is 10.2. The molecule has 2 N–H and O–H groups in total. The second kappa shape index (κ2) is 11.0. The number of hydrogen-bond donors (Lipinski definition) is 2. The predicted octanol–water partition coefficient (Wildman–Crippen LogP) is 2.80. The van der Waals surface area contributed by atoms with Crippen LogP contribution in [0.3, 0.4) is 0 Å². The number of aromatic nitrogens is 2. The Kier molecular flexibility index (Phi) is 7.98. The van der Waals surface area contributed by atoms with Gasteiger partial charge in [0.2, 0.25) is 11.8 Å². The van der Waals surface area contributed by atoms with Crippen molar-refractivity contribution in [3.05, 3.63) is 41.2 Å². The second-order valence-electron chi connectivity index (χ2n) is 9.83. The van der Waals surface area contributed by atoms with Gasteiger partial charge in [-0.3, -0.25) is 4.79 Å². The summed E-state index contributed by atoms with van der Waals surface area (Å²) >= 11 is 6.50. The van der Waals surface area contributed by atoms with Crippen LogP contribution in [0.1, 0.15) is 38.7 Å². The van der Waals surface area contributed by atoms with E-state index in [1.54, 1.807) is 13.8 Å². The Balaban J connectivity index is 1.30. The average molecular weight is 505 g/mol. The number of ether oxygens (including phenoxy) is 3. The third kappa shape index (κ3) is 6.74. The summed E-state index contributed by atoms with van der Waals surface area (Å²) in [7, 11) is 0. The van der Waals surface area contributed by atoms with E-state index in [4.69, 9.17) is 25.8 Å². The van der Waals surface area contributed by atoms with Crippen LogP contribution in [-0.4, -0.2) is 72.1 Å². The highest BCUT2D eigenvalue weighted by Gasteiger charge is 2.28. The van der Waals surface area contributed by atoms with E-state index >= 15 is 0 Å². The van der Waals surface area contributed by atoms with Gasteiger partial charge in [-0.2, -0.15) is 0 Å². The van der Waals surface area contributed by atoms with Crippen LogP contribution in [0.4, 0.5) is 5.82 Å². The summed E-state index contributed by atoms with van der Waals surface area (Å²) in [6.07, 6.45) is 2.19. The molecule has 2 saturated heterocycles. The lowest BCUT2D eigenvalue weighted by molar-refractivity contribution is -0.123. The molecule has 35 heavy (non-hydrogen) atoms. The van der Waals surface area contributed by atoms with E-state index in [-0.39, 0.29) is 30.4 Å². The fourth-order valence-electron chi connectivity index (χ4n) is 3.91. The highest BCUT2D eigenvalue weighted by Crippen LogP contribution is 2.33. The monoisotopic (exact) mass is 504 g/mol. The lowest BCUT2D eigenvalue weighted by atomic mass is 9.99. The molecule has 0 radical (unpaired) electrons. The molecule has 3 heterocycles. The Labute approximate surface area is 210 Å². The summed E-state index contributed by atoms with van der Waals surface area (Å²) in [4.78, 5) is 22.9. The number of halogens is 1. The molecule has 190 valence electrons. The van der Waals surface area contributed by atoms with Crippen molar-refractivity contribution in [2.24, 2.45) is 5.92 Å². The maximum Gasteiger partial charge on any atom is 0.238 e. The number of nitrogens with zero attached hydrogens (tertiary/aromatic N) is 3. The van der Waals surface area contributed by atoms with Crippen molar-refractivity contribution >= 4 is 23.3 Å². The van der Waals surface area contributed by atoms with Gasteiger partial charge in [0.1, 0.15) is 29.8 Å². The third-order valence-electron chi connectivity index (χ3n) is 6.09. The molecule has 1 aromatic carbocycles. The minimum Gasteiger partial charge on any atom is -0.489 e. The Bertz CT molecular complexity index is 1010. The first-order valence-corrected chi connectivity index (χ1v) is 12.3. The molecular weight excluding hydrogens is 472 g/mol. The molecular formula is C25H33ClN4O5. The van der Waals surface area contributed by atoms with E-state index in [9.17, 15) is 9.90 Å². The van der Waals surface area contributed by atoms with Crippen LogP contribution < -0.4 is 19.7 Å². The molecule has 1 aromatic heterocycles. The third-order valence-corrected chi connectivity index (χ3v) is 6.42. The SMILES string of the molecule is CC(C(=O)NCC1COC1)c1ccc(OC2CCN(c3ncnc(OCC(C)(C)O)c3Cl)C2)cc1. The van der Waals surface area contributed by atoms with Crippen LogP contribution in [0.5, 0.6) is 11.6 Å². The van der Waals surface area contributed by atoms with Crippen LogP contribution >= 0.6 is 11.6 Å². The Hall–Kier alpha value is -2.62. The summed E-state index contributed by atoms with van der Waals surface area (Å²) in [5.74, 6) is 1.80. The van der Waals surface area contributed by atoms with Crippen LogP contribution in [0.15, 0.2) is 30.6 Å². The van der Waals surface area contributed by atoms with E-state index in [1.165, 1.54) is 6.33 Å². The van der Waals surface area contributed by atoms with Gasteiger partial charge in [-0.25, -0.2) is 9.97 Å². The number of carbonyl (C=O) groups is 1. The fraction of sp³-hybridized carbons (Fsp3) is 0.560.